The van der Waals surface area contributed by atoms with Crippen molar-refractivity contribution in [3.63, 3.8) is 0 Å². The number of hydrogen-bond donors (Lipinski definition) is 2. The number of aromatic nitrogens is 4. The molecule has 2 aliphatic rings. The summed E-state index contributed by atoms with van der Waals surface area (Å²) in [6.07, 6.45) is 12.7. The summed E-state index contributed by atoms with van der Waals surface area (Å²) in [4.78, 5) is 26.6. The van der Waals surface area contributed by atoms with Gasteiger partial charge in [-0.3, -0.25) is 14.9 Å². The number of benzene rings is 2. The Bertz CT molecular complexity index is 1780. The van der Waals surface area contributed by atoms with Crippen molar-refractivity contribution in [2.24, 2.45) is 0 Å². The molecule has 2 aliphatic heterocycles. The zero-order valence-electron chi connectivity index (χ0n) is 30.0. The van der Waals surface area contributed by atoms with E-state index in [1.165, 1.54) is 50.3 Å². The minimum Gasteiger partial charge on any atom is -0.494 e. The van der Waals surface area contributed by atoms with E-state index >= 15 is 0 Å². The van der Waals surface area contributed by atoms with E-state index in [0.29, 0.717) is 17.8 Å². The number of ether oxygens (including phenoxy) is 1. The third kappa shape index (κ3) is 7.87. The molecule has 49 heavy (non-hydrogen) atoms. The summed E-state index contributed by atoms with van der Waals surface area (Å²) in [7, 11) is 5.98. The summed E-state index contributed by atoms with van der Waals surface area (Å²) in [5, 5.41) is 7.10. The molecule has 2 aromatic heterocycles. The maximum atomic E-state index is 5.97. The Balaban J connectivity index is 1.27. The van der Waals surface area contributed by atoms with Crippen LogP contribution in [-0.4, -0.2) is 103 Å². The first-order chi connectivity index (χ1) is 23.8. The predicted molar refractivity (Wildman–Crippen MR) is 206 cm³/mol. The fraction of sp³-hybridized carbons (Fsp3) is 0.459. The molecule has 2 saturated heterocycles. The molecule has 4 aromatic rings. The van der Waals surface area contributed by atoms with Crippen molar-refractivity contribution >= 4 is 63.6 Å². The highest BCUT2D eigenvalue weighted by Crippen LogP contribution is 2.39. The molecule has 0 bridgehead atoms. The van der Waals surface area contributed by atoms with Crippen LogP contribution in [0.2, 0.25) is 0 Å². The number of anilines is 6. The molecule has 0 aliphatic carbocycles. The second-order valence-electron chi connectivity index (χ2n) is 13.1. The van der Waals surface area contributed by atoms with Gasteiger partial charge in [-0.05, 0) is 63.9 Å². The molecule has 0 radical (unpaired) electrons. The second kappa shape index (κ2) is 15.6. The molecule has 6 rings (SSSR count). The summed E-state index contributed by atoms with van der Waals surface area (Å²) in [5.41, 5.74) is 8.89. The van der Waals surface area contributed by atoms with Crippen LogP contribution in [0, 0.1) is 0 Å². The Kier molecular flexibility index (Phi) is 11.1. The van der Waals surface area contributed by atoms with Gasteiger partial charge in [0, 0.05) is 94.5 Å². The molecule has 0 unspecified atom stereocenters. The summed E-state index contributed by atoms with van der Waals surface area (Å²) in [6.45, 7) is 13.2. The van der Waals surface area contributed by atoms with Gasteiger partial charge in [0.2, 0.25) is 5.95 Å². The van der Waals surface area contributed by atoms with Crippen molar-refractivity contribution in [2.45, 2.75) is 46.1 Å². The molecule has 0 amide bonds. The lowest BCUT2D eigenvalue weighted by Gasteiger charge is -2.43. The minimum atomic E-state index is 0.481. The molecular weight excluding hydrogens is 633 g/mol. The lowest BCUT2D eigenvalue weighted by molar-refractivity contribution is 0.0982. The number of likely N-dealkylation sites (N-methyl/N-ethyl adjacent to an activating group) is 1. The molecule has 11 nitrogen and oxygen atoms in total. The Morgan fingerprint density at radius 3 is 2.45 bits per heavy atom. The van der Waals surface area contributed by atoms with E-state index in [-0.39, 0.29) is 0 Å². The van der Waals surface area contributed by atoms with E-state index in [0.717, 1.165) is 64.5 Å². The number of allylic oxidation sites excluding steroid dienone is 1. The number of piperidine rings is 1. The molecule has 12 heteroatoms. The summed E-state index contributed by atoms with van der Waals surface area (Å²) in [5.74, 6) is 1.94. The quantitative estimate of drug-likeness (QED) is 0.162. The van der Waals surface area contributed by atoms with Crippen molar-refractivity contribution in [2.75, 3.05) is 86.6 Å². The van der Waals surface area contributed by atoms with E-state index in [2.05, 4.69) is 85.6 Å². The first-order valence-corrected chi connectivity index (χ1v) is 18.4. The third-order valence-corrected chi connectivity index (χ3v) is 10.3. The topological polar surface area (TPSA) is 97.8 Å². The second-order valence-corrected chi connectivity index (χ2v) is 14.0. The van der Waals surface area contributed by atoms with Gasteiger partial charge in [-0.1, -0.05) is 30.5 Å². The van der Waals surface area contributed by atoms with Gasteiger partial charge in [0.25, 0.3) is 0 Å². The number of fused-ring (bicyclic) bond motifs is 1. The molecule has 2 N–H and O–H groups in total. The maximum Gasteiger partial charge on any atom is 0.229 e. The first-order valence-electron chi connectivity index (χ1n) is 17.2. The van der Waals surface area contributed by atoms with Gasteiger partial charge in [0.1, 0.15) is 17.1 Å². The number of nitrogens with zero attached hydrogens (tertiary/aromatic N) is 8. The molecule has 0 saturated carbocycles. The number of piperazine rings is 1. The highest BCUT2D eigenvalue weighted by molar-refractivity contribution is 7.99. The van der Waals surface area contributed by atoms with Crippen LogP contribution in [0.3, 0.4) is 0 Å². The average molecular weight is 683 g/mol. The normalized spacial score (nSPS) is 16.1. The zero-order valence-corrected chi connectivity index (χ0v) is 30.8. The van der Waals surface area contributed by atoms with Gasteiger partial charge < -0.3 is 29.5 Å². The molecule has 2 aromatic carbocycles. The number of aryl methyl sites for hydroxylation is 1. The fourth-order valence-electron chi connectivity index (χ4n) is 6.87. The Hall–Kier alpha value is -4.13. The summed E-state index contributed by atoms with van der Waals surface area (Å²) >= 11 is 1.61. The third-order valence-electron chi connectivity index (χ3n) is 9.60. The minimum absolute atomic E-state index is 0.481. The number of methoxy groups -OCH3 is 1. The molecule has 2 fully saturated rings. The predicted octanol–water partition coefficient (Wildman–Crippen LogP) is 6.83. The van der Waals surface area contributed by atoms with Crippen LogP contribution in [-0.2, 0) is 6.42 Å². The van der Waals surface area contributed by atoms with Crippen LogP contribution in [0.4, 0.5) is 34.5 Å². The highest BCUT2D eigenvalue weighted by Gasteiger charge is 2.28. The monoisotopic (exact) mass is 682 g/mol. The van der Waals surface area contributed by atoms with Gasteiger partial charge >= 0.3 is 0 Å². The van der Waals surface area contributed by atoms with Gasteiger partial charge in [-0.25, -0.2) is 4.98 Å². The first kappa shape index (κ1) is 34.7. The SMILES string of the molecule is CCc1cc(Nc2ncc(C=C(C)C)c(Nc3ccc4nccnc4c3N(C)SC)n2)c(OC)cc1N1CCC(N2CCN(C)CC2)CC1. The van der Waals surface area contributed by atoms with Crippen molar-refractivity contribution < 1.29 is 4.74 Å². The van der Waals surface area contributed by atoms with Crippen LogP contribution < -0.4 is 24.6 Å². The maximum absolute atomic E-state index is 5.97. The lowest BCUT2D eigenvalue weighted by atomic mass is 9.99. The van der Waals surface area contributed by atoms with E-state index in [1.807, 2.05) is 31.6 Å². The number of hydrogen-bond acceptors (Lipinski definition) is 12. The largest absolute Gasteiger partial charge is 0.494 e. The van der Waals surface area contributed by atoms with Crippen LogP contribution in [0.15, 0.2) is 48.4 Å². The number of rotatable bonds is 11. The van der Waals surface area contributed by atoms with Crippen molar-refractivity contribution in [1.82, 2.24) is 29.7 Å². The molecular formula is C37H50N10OS. The van der Waals surface area contributed by atoms with Crippen molar-refractivity contribution in [3.8, 4) is 5.75 Å². The van der Waals surface area contributed by atoms with E-state index in [1.54, 1.807) is 31.5 Å². The van der Waals surface area contributed by atoms with E-state index in [4.69, 9.17) is 14.7 Å². The molecule has 260 valence electrons. The van der Waals surface area contributed by atoms with Gasteiger partial charge in [0.15, 0.2) is 0 Å². The number of nitrogens with one attached hydrogen (secondary N) is 2. The van der Waals surface area contributed by atoms with E-state index < -0.39 is 0 Å². The van der Waals surface area contributed by atoms with Gasteiger partial charge in [0.05, 0.1) is 29.7 Å². The zero-order chi connectivity index (χ0) is 34.5. The molecule has 0 atom stereocenters. The standard InChI is InChI=1S/C37H50N10OS/c1-8-26-22-31(33(48-6)23-32(26)47-15-11-28(12-16-47)46-19-17-44(4)18-20-46)42-37-40-24-27(21-25(2)3)36(43-37)41-30-10-9-29-34(39-14-13-38-29)35(30)45(5)49-7/h9-10,13-14,21-24,28H,8,11-12,15-20H2,1-7H3,(H2,40,41,42,43). The Morgan fingerprint density at radius 2 is 1.76 bits per heavy atom. The molecule has 0 spiro atoms. The average Bonchev–Trinajstić information content (AvgIpc) is 3.12. The fourth-order valence-corrected chi connectivity index (χ4v) is 7.23. The van der Waals surface area contributed by atoms with Crippen LogP contribution >= 0.6 is 11.9 Å². The Morgan fingerprint density at radius 1 is 1.00 bits per heavy atom. The lowest BCUT2D eigenvalue weighted by Crippen LogP contribution is -2.52. The summed E-state index contributed by atoms with van der Waals surface area (Å²) in [6, 6.07) is 9.08. The van der Waals surface area contributed by atoms with Gasteiger partial charge in [-0.2, -0.15) is 4.98 Å². The highest BCUT2D eigenvalue weighted by atomic mass is 32.2. The van der Waals surface area contributed by atoms with Crippen LogP contribution in [0.25, 0.3) is 17.1 Å². The van der Waals surface area contributed by atoms with Crippen LogP contribution in [0.5, 0.6) is 5.75 Å². The van der Waals surface area contributed by atoms with Gasteiger partial charge in [-0.15, -0.1) is 0 Å². The van der Waals surface area contributed by atoms with Crippen molar-refractivity contribution in [1.29, 1.82) is 0 Å². The Labute approximate surface area is 295 Å². The smallest absolute Gasteiger partial charge is 0.229 e. The molecule has 4 heterocycles. The summed E-state index contributed by atoms with van der Waals surface area (Å²) < 4.78 is 8.06. The van der Waals surface area contributed by atoms with Crippen molar-refractivity contribution in [3.05, 3.63) is 59.6 Å². The van der Waals surface area contributed by atoms with Crippen LogP contribution in [0.1, 0.15) is 44.7 Å². The van der Waals surface area contributed by atoms with E-state index in [9.17, 15) is 0 Å².